The van der Waals surface area contributed by atoms with Gasteiger partial charge in [0.2, 0.25) is 5.91 Å². The number of hydrogen-bond donors (Lipinski definition) is 1. The van der Waals surface area contributed by atoms with Crippen LogP contribution in [-0.2, 0) is 14.4 Å². The Morgan fingerprint density at radius 1 is 0.846 bits per heavy atom. The molecule has 3 saturated heterocycles. The van der Waals surface area contributed by atoms with Crippen LogP contribution < -0.4 is 5.73 Å². The van der Waals surface area contributed by atoms with Crippen LogP contribution in [0.2, 0.25) is 0 Å². The summed E-state index contributed by atoms with van der Waals surface area (Å²) in [4.78, 5) is 43.9. The number of carbonyl (C=O) groups is 3. The average Bonchev–Trinajstić information content (AvgIpc) is 2.67. The van der Waals surface area contributed by atoms with Gasteiger partial charge in [-0.15, -0.1) is 0 Å². The van der Waals surface area contributed by atoms with Crippen molar-refractivity contribution in [3.05, 3.63) is 0 Å². The van der Waals surface area contributed by atoms with Crippen molar-refractivity contribution in [3.63, 3.8) is 0 Å². The largest absolute Gasteiger partial charge is 0.361 e. The highest BCUT2D eigenvalue weighted by atomic mass is 16.2. The average molecular weight is 365 g/mol. The number of hydrogen-bond acceptors (Lipinski definition) is 5. The van der Waals surface area contributed by atoms with E-state index < -0.39 is 11.8 Å². The smallest absolute Gasteiger partial charge is 0.311 e. The molecule has 146 valence electrons. The van der Waals surface area contributed by atoms with Gasteiger partial charge in [-0.05, 0) is 39.3 Å². The van der Waals surface area contributed by atoms with Crippen molar-refractivity contribution in [1.82, 2.24) is 19.6 Å². The molecule has 0 aliphatic carbocycles. The fourth-order valence-corrected chi connectivity index (χ4v) is 4.41. The predicted molar refractivity (Wildman–Crippen MR) is 97.2 cm³/mol. The number of likely N-dealkylation sites (N-methyl/N-ethyl adjacent to an activating group) is 1. The highest BCUT2D eigenvalue weighted by Crippen LogP contribution is 2.25. The van der Waals surface area contributed by atoms with Gasteiger partial charge in [-0.2, -0.15) is 0 Å². The molecule has 0 aromatic heterocycles. The molecule has 0 spiro atoms. The normalized spacial score (nSPS) is 26.7. The van der Waals surface area contributed by atoms with Gasteiger partial charge in [0.1, 0.15) is 0 Å². The molecule has 0 unspecified atom stereocenters. The number of primary amides is 1. The van der Waals surface area contributed by atoms with Crippen molar-refractivity contribution in [2.45, 2.75) is 31.7 Å². The number of nitrogens with zero attached hydrogens (tertiary/aromatic N) is 4. The van der Waals surface area contributed by atoms with Crippen LogP contribution in [0.3, 0.4) is 0 Å². The molecule has 0 bridgehead atoms. The maximum Gasteiger partial charge on any atom is 0.311 e. The molecule has 26 heavy (non-hydrogen) atoms. The highest BCUT2D eigenvalue weighted by molar-refractivity contribution is 6.34. The van der Waals surface area contributed by atoms with Crippen molar-refractivity contribution >= 4 is 17.7 Å². The maximum atomic E-state index is 12.9. The summed E-state index contributed by atoms with van der Waals surface area (Å²) in [6.45, 7) is 6.54. The monoisotopic (exact) mass is 365 g/mol. The summed E-state index contributed by atoms with van der Waals surface area (Å²) in [7, 11) is 2.10. The van der Waals surface area contributed by atoms with Gasteiger partial charge in [0, 0.05) is 51.9 Å². The molecular weight excluding hydrogens is 334 g/mol. The van der Waals surface area contributed by atoms with Gasteiger partial charge < -0.3 is 20.4 Å². The van der Waals surface area contributed by atoms with Crippen molar-refractivity contribution in [2.24, 2.45) is 11.7 Å². The molecule has 3 heterocycles. The molecule has 8 nitrogen and oxygen atoms in total. The van der Waals surface area contributed by atoms with Crippen LogP contribution in [0.1, 0.15) is 25.7 Å². The SMILES string of the molecule is CN1CCN(C(=O)[C@@H]2CCCN(C3CCN(C(=O)C(N)=O)CC3)C2)CC1. The van der Waals surface area contributed by atoms with Gasteiger partial charge in [0.25, 0.3) is 0 Å². The Labute approximate surface area is 155 Å². The molecule has 3 fully saturated rings. The van der Waals surface area contributed by atoms with Crippen molar-refractivity contribution in [1.29, 1.82) is 0 Å². The Morgan fingerprint density at radius 3 is 2.12 bits per heavy atom. The van der Waals surface area contributed by atoms with E-state index in [0.717, 1.165) is 65.0 Å². The zero-order valence-electron chi connectivity index (χ0n) is 15.7. The van der Waals surface area contributed by atoms with E-state index in [2.05, 4.69) is 16.8 Å². The minimum atomic E-state index is -0.876. The summed E-state index contributed by atoms with van der Waals surface area (Å²) < 4.78 is 0. The minimum Gasteiger partial charge on any atom is -0.361 e. The third-order valence-electron chi connectivity index (χ3n) is 6.10. The second kappa shape index (κ2) is 8.35. The number of carbonyl (C=O) groups excluding carboxylic acids is 3. The fraction of sp³-hybridized carbons (Fsp3) is 0.833. The Kier molecular flexibility index (Phi) is 6.13. The number of likely N-dealkylation sites (tertiary alicyclic amines) is 2. The van der Waals surface area contributed by atoms with E-state index in [1.54, 1.807) is 4.90 Å². The topological polar surface area (TPSA) is 90.2 Å². The van der Waals surface area contributed by atoms with Crippen LogP contribution in [0.25, 0.3) is 0 Å². The molecule has 0 aromatic carbocycles. The zero-order valence-corrected chi connectivity index (χ0v) is 15.7. The molecule has 0 radical (unpaired) electrons. The summed E-state index contributed by atoms with van der Waals surface area (Å²) in [5, 5.41) is 0. The summed E-state index contributed by atoms with van der Waals surface area (Å²) in [5.41, 5.74) is 5.09. The van der Waals surface area contributed by atoms with Crippen LogP contribution >= 0.6 is 0 Å². The van der Waals surface area contributed by atoms with E-state index in [0.29, 0.717) is 25.0 Å². The Balaban J connectivity index is 1.50. The van der Waals surface area contributed by atoms with Crippen molar-refractivity contribution < 1.29 is 14.4 Å². The standard InChI is InChI=1S/C18H31N5O3/c1-20-9-11-22(12-10-20)17(25)14-3-2-6-23(13-14)15-4-7-21(8-5-15)18(26)16(19)24/h14-15H,2-13H2,1H3,(H2,19,24)/t14-/m1/s1. The molecule has 3 aliphatic heterocycles. The van der Waals surface area contributed by atoms with Gasteiger partial charge in [-0.1, -0.05) is 0 Å². The van der Waals surface area contributed by atoms with Crippen molar-refractivity contribution in [3.8, 4) is 0 Å². The Morgan fingerprint density at radius 2 is 1.50 bits per heavy atom. The van der Waals surface area contributed by atoms with Crippen LogP contribution in [0.5, 0.6) is 0 Å². The number of piperidine rings is 2. The first-order valence-electron chi connectivity index (χ1n) is 9.76. The molecule has 3 aliphatic rings. The lowest BCUT2D eigenvalue weighted by Gasteiger charge is -2.43. The lowest BCUT2D eigenvalue weighted by molar-refractivity contribution is -0.145. The van der Waals surface area contributed by atoms with Crippen LogP contribution in [0, 0.1) is 5.92 Å². The number of nitrogens with two attached hydrogens (primary N) is 1. The molecule has 2 N–H and O–H groups in total. The van der Waals surface area contributed by atoms with E-state index in [9.17, 15) is 14.4 Å². The quantitative estimate of drug-likeness (QED) is 0.631. The molecule has 3 amide bonds. The summed E-state index contributed by atoms with van der Waals surface area (Å²) in [5.74, 6) is -1.05. The Bertz CT molecular complexity index is 539. The molecule has 8 heteroatoms. The lowest BCUT2D eigenvalue weighted by Crippen LogP contribution is -2.54. The van der Waals surface area contributed by atoms with E-state index in [1.165, 1.54) is 0 Å². The summed E-state index contributed by atoms with van der Waals surface area (Å²) in [6, 6.07) is 0.384. The van der Waals surface area contributed by atoms with Gasteiger partial charge in [-0.3, -0.25) is 19.3 Å². The van der Waals surface area contributed by atoms with E-state index >= 15 is 0 Å². The first-order chi connectivity index (χ1) is 12.5. The minimum absolute atomic E-state index is 0.0948. The van der Waals surface area contributed by atoms with Crippen molar-refractivity contribution in [2.75, 3.05) is 59.4 Å². The number of piperazine rings is 1. The first-order valence-corrected chi connectivity index (χ1v) is 9.76. The second-order valence-electron chi connectivity index (χ2n) is 7.85. The molecular formula is C18H31N5O3. The maximum absolute atomic E-state index is 12.9. The predicted octanol–water partition coefficient (Wildman–Crippen LogP) is -1.05. The fourth-order valence-electron chi connectivity index (χ4n) is 4.41. The molecule has 0 aromatic rings. The van der Waals surface area contributed by atoms with Gasteiger partial charge in [0.15, 0.2) is 0 Å². The number of rotatable bonds is 2. The summed E-state index contributed by atoms with van der Waals surface area (Å²) >= 11 is 0. The summed E-state index contributed by atoms with van der Waals surface area (Å²) in [6.07, 6.45) is 3.70. The van der Waals surface area contributed by atoms with E-state index in [1.807, 2.05) is 4.90 Å². The van der Waals surface area contributed by atoms with Gasteiger partial charge >= 0.3 is 11.8 Å². The van der Waals surface area contributed by atoms with E-state index in [-0.39, 0.29) is 5.92 Å². The van der Waals surface area contributed by atoms with Crippen LogP contribution in [0.15, 0.2) is 0 Å². The lowest BCUT2D eigenvalue weighted by atomic mass is 9.92. The zero-order chi connectivity index (χ0) is 18.7. The Hall–Kier alpha value is -1.67. The van der Waals surface area contributed by atoms with Crippen LogP contribution in [0.4, 0.5) is 0 Å². The first kappa shape index (κ1) is 19.1. The van der Waals surface area contributed by atoms with E-state index in [4.69, 9.17) is 5.73 Å². The molecule has 3 rings (SSSR count). The third kappa shape index (κ3) is 4.35. The van der Waals surface area contributed by atoms with Crippen LogP contribution in [-0.4, -0.2) is 103 Å². The van der Waals surface area contributed by atoms with Gasteiger partial charge in [-0.25, -0.2) is 0 Å². The molecule has 1 atom stereocenters. The molecule has 0 saturated carbocycles. The highest BCUT2D eigenvalue weighted by Gasteiger charge is 2.35. The third-order valence-corrected chi connectivity index (χ3v) is 6.10. The van der Waals surface area contributed by atoms with Gasteiger partial charge in [0.05, 0.1) is 5.92 Å². The second-order valence-corrected chi connectivity index (χ2v) is 7.85. The number of amides is 3.